The van der Waals surface area contributed by atoms with Gasteiger partial charge >= 0.3 is 0 Å². The lowest BCUT2D eigenvalue weighted by Gasteiger charge is -2.10. The van der Waals surface area contributed by atoms with Crippen LogP contribution in [0.3, 0.4) is 0 Å². The van der Waals surface area contributed by atoms with E-state index in [1.807, 2.05) is 57.2 Å². The van der Waals surface area contributed by atoms with Gasteiger partial charge in [-0.25, -0.2) is 15.0 Å². The zero-order chi connectivity index (χ0) is 21.3. The number of aryl methyl sites for hydroxylation is 1. The number of ether oxygens (including phenoxy) is 1. The molecular formula is C23H29N5O2. The number of benzene rings is 1. The van der Waals surface area contributed by atoms with Crippen molar-refractivity contribution in [1.29, 1.82) is 0 Å². The SMILES string of the molecule is CCNC(=NCc1ccc(OC(C)C)nc1)NCc1coc(-c2ccc(C)cc2)n1. The first kappa shape index (κ1) is 21.4. The van der Waals surface area contributed by atoms with Crippen LogP contribution in [0.25, 0.3) is 11.5 Å². The van der Waals surface area contributed by atoms with Crippen LogP contribution in [0.5, 0.6) is 5.88 Å². The maximum absolute atomic E-state index is 5.62. The minimum absolute atomic E-state index is 0.106. The van der Waals surface area contributed by atoms with Crippen LogP contribution in [0.1, 0.15) is 37.6 Å². The maximum atomic E-state index is 5.62. The molecule has 0 radical (unpaired) electrons. The Morgan fingerprint density at radius 3 is 2.60 bits per heavy atom. The molecule has 2 N–H and O–H groups in total. The van der Waals surface area contributed by atoms with Crippen molar-refractivity contribution in [3.63, 3.8) is 0 Å². The lowest BCUT2D eigenvalue weighted by Crippen LogP contribution is -2.36. The van der Waals surface area contributed by atoms with E-state index in [2.05, 4.69) is 32.5 Å². The molecule has 1 aromatic carbocycles. The molecule has 0 aliphatic rings. The Morgan fingerprint density at radius 2 is 1.93 bits per heavy atom. The number of oxazole rings is 1. The fourth-order valence-corrected chi connectivity index (χ4v) is 2.72. The summed E-state index contributed by atoms with van der Waals surface area (Å²) in [5.41, 5.74) is 3.99. The molecule has 2 aromatic heterocycles. The monoisotopic (exact) mass is 407 g/mol. The van der Waals surface area contributed by atoms with Gasteiger partial charge in [0.1, 0.15) is 6.26 Å². The summed E-state index contributed by atoms with van der Waals surface area (Å²) in [6.07, 6.45) is 3.56. The average molecular weight is 408 g/mol. The van der Waals surface area contributed by atoms with E-state index in [1.165, 1.54) is 5.56 Å². The molecule has 158 valence electrons. The van der Waals surface area contributed by atoms with E-state index in [9.17, 15) is 0 Å². The van der Waals surface area contributed by atoms with Crippen molar-refractivity contribution in [2.24, 2.45) is 4.99 Å². The summed E-state index contributed by atoms with van der Waals surface area (Å²) in [7, 11) is 0. The van der Waals surface area contributed by atoms with Gasteiger partial charge in [0, 0.05) is 24.4 Å². The number of pyridine rings is 1. The van der Waals surface area contributed by atoms with Crippen molar-refractivity contribution < 1.29 is 9.15 Å². The number of hydrogen-bond acceptors (Lipinski definition) is 5. The van der Waals surface area contributed by atoms with Crippen LogP contribution in [-0.2, 0) is 13.1 Å². The van der Waals surface area contributed by atoms with Gasteiger partial charge in [0.15, 0.2) is 5.96 Å². The van der Waals surface area contributed by atoms with E-state index in [-0.39, 0.29) is 6.10 Å². The van der Waals surface area contributed by atoms with Crippen LogP contribution in [0.4, 0.5) is 0 Å². The summed E-state index contributed by atoms with van der Waals surface area (Å²) in [5.74, 6) is 1.95. The normalized spacial score (nSPS) is 11.6. The fraction of sp³-hybridized carbons (Fsp3) is 0.348. The van der Waals surface area contributed by atoms with Crippen LogP contribution in [0, 0.1) is 6.92 Å². The highest BCUT2D eigenvalue weighted by molar-refractivity contribution is 5.79. The van der Waals surface area contributed by atoms with Crippen molar-refractivity contribution >= 4 is 5.96 Å². The van der Waals surface area contributed by atoms with Crippen molar-refractivity contribution in [3.8, 4) is 17.3 Å². The molecule has 0 amide bonds. The largest absolute Gasteiger partial charge is 0.475 e. The summed E-state index contributed by atoms with van der Waals surface area (Å²) in [4.78, 5) is 13.5. The van der Waals surface area contributed by atoms with Gasteiger partial charge < -0.3 is 19.8 Å². The minimum atomic E-state index is 0.106. The van der Waals surface area contributed by atoms with E-state index in [4.69, 9.17) is 9.15 Å². The van der Waals surface area contributed by atoms with Crippen molar-refractivity contribution in [2.75, 3.05) is 6.54 Å². The van der Waals surface area contributed by atoms with Crippen LogP contribution in [0.2, 0.25) is 0 Å². The van der Waals surface area contributed by atoms with Crippen molar-refractivity contribution in [3.05, 3.63) is 65.7 Å². The van der Waals surface area contributed by atoms with Gasteiger partial charge in [0.05, 0.1) is 24.9 Å². The molecule has 3 aromatic rings. The Hall–Kier alpha value is -3.35. The third kappa shape index (κ3) is 6.34. The molecule has 0 spiro atoms. The summed E-state index contributed by atoms with van der Waals surface area (Å²) in [5, 5.41) is 6.53. The number of guanidine groups is 1. The molecule has 0 saturated heterocycles. The third-order valence-electron chi connectivity index (χ3n) is 4.21. The van der Waals surface area contributed by atoms with E-state index in [0.29, 0.717) is 30.8 Å². The van der Waals surface area contributed by atoms with Gasteiger partial charge in [-0.3, -0.25) is 0 Å². The van der Waals surface area contributed by atoms with Gasteiger partial charge in [0.2, 0.25) is 11.8 Å². The first-order valence-corrected chi connectivity index (χ1v) is 10.2. The zero-order valence-corrected chi connectivity index (χ0v) is 18.0. The molecule has 0 saturated carbocycles. The second kappa shape index (κ2) is 10.4. The molecule has 2 heterocycles. The molecule has 0 fully saturated rings. The third-order valence-corrected chi connectivity index (χ3v) is 4.21. The quantitative estimate of drug-likeness (QED) is 0.432. The molecule has 0 aliphatic heterocycles. The molecule has 7 nitrogen and oxygen atoms in total. The highest BCUT2D eigenvalue weighted by atomic mass is 16.5. The Kier molecular flexibility index (Phi) is 7.43. The predicted molar refractivity (Wildman–Crippen MR) is 118 cm³/mol. The van der Waals surface area contributed by atoms with E-state index >= 15 is 0 Å². The van der Waals surface area contributed by atoms with E-state index in [1.54, 1.807) is 12.5 Å². The maximum Gasteiger partial charge on any atom is 0.226 e. The zero-order valence-electron chi connectivity index (χ0n) is 18.0. The van der Waals surface area contributed by atoms with Crippen LogP contribution in [0.15, 0.2) is 58.3 Å². The summed E-state index contributed by atoms with van der Waals surface area (Å²) < 4.78 is 11.2. The molecule has 0 atom stereocenters. The van der Waals surface area contributed by atoms with E-state index < -0.39 is 0 Å². The van der Waals surface area contributed by atoms with Crippen LogP contribution in [-0.4, -0.2) is 28.6 Å². The predicted octanol–water partition coefficient (Wildman–Crippen LogP) is 4.09. The average Bonchev–Trinajstić information content (AvgIpc) is 3.20. The van der Waals surface area contributed by atoms with Crippen LogP contribution >= 0.6 is 0 Å². The smallest absolute Gasteiger partial charge is 0.226 e. The highest BCUT2D eigenvalue weighted by Gasteiger charge is 2.07. The molecule has 30 heavy (non-hydrogen) atoms. The van der Waals surface area contributed by atoms with Gasteiger partial charge in [-0.15, -0.1) is 0 Å². The fourth-order valence-electron chi connectivity index (χ4n) is 2.72. The van der Waals surface area contributed by atoms with Crippen LogP contribution < -0.4 is 15.4 Å². The topological polar surface area (TPSA) is 84.6 Å². The molecule has 0 aliphatic carbocycles. The highest BCUT2D eigenvalue weighted by Crippen LogP contribution is 2.19. The summed E-state index contributed by atoms with van der Waals surface area (Å²) >= 11 is 0. The second-order valence-electron chi connectivity index (χ2n) is 7.23. The first-order chi connectivity index (χ1) is 14.5. The molecule has 0 unspecified atom stereocenters. The molecular weight excluding hydrogens is 378 g/mol. The number of rotatable bonds is 8. The second-order valence-corrected chi connectivity index (χ2v) is 7.23. The molecule has 3 rings (SSSR count). The first-order valence-electron chi connectivity index (χ1n) is 10.2. The molecule has 0 bridgehead atoms. The summed E-state index contributed by atoms with van der Waals surface area (Å²) in [6.45, 7) is 9.83. The Bertz CT molecular complexity index is 946. The number of nitrogens with one attached hydrogen (secondary N) is 2. The lowest BCUT2D eigenvalue weighted by molar-refractivity contribution is 0.232. The minimum Gasteiger partial charge on any atom is -0.475 e. The van der Waals surface area contributed by atoms with Gasteiger partial charge in [-0.05, 0) is 45.4 Å². The number of hydrogen-bond donors (Lipinski definition) is 2. The Balaban J connectivity index is 1.58. The lowest BCUT2D eigenvalue weighted by atomic mass is 10.1. The number of aliphatic imine (C=N–C) groups is 1. The molecule has 7 heteroatoms. The standard InChI is InChI=1S/C23H29N5O2/c1-5-24-23(26-13-18-8-11-21(25-12-18)30-16(2)3)27-14-20-15-29-22(28-20)19-9-6-17(4)7-10-19/h6-12,15-16H,5,13-14H2,1-4H3,(H2,24,26,27). The number of nitrogens with zero attached hydrogens (tertiary/aromatic N) is 3. The van der Waals surface area contributed by atoms with Gasteiger partial charge in [-0.2, -0.15) is 0 Å². The van der Waals surface area contributed by atoms with Gasteiger partial charge in [0.25, 0.3) is 0 Å². The van der Waals surface area contributed by atoms with Gasteiger partial charge in [-0.1, -0.05) is 23.8 Å². The number of aromatic nitrogens is 2. The Morgan fingerprint density at radius 1 is 1.13 bits per heavy atom. The van der Waals surface area contributed by atoms with Crippen molar-refractivity contribution in [1.82, 2.24) is 20.6 Å². The Labute approximate surface area is 177 Å². The van der Waals surface area contributed by atoms with Crippen molar-refractivity contribution in [2.45, 2.75) is 46.9 Å². The van der Waals surface area contributed by atoms with E-state index in [0.717, 1.165) is 23.4 Å². The summed E-state index contributed by atoms with van der Waals surface area (Å²) in [6, 6.07) is 12.0.